The second-order valence-electron chi connectivity index (χ2n) is 5.96. The number of carbonyl (C=O) groups is 1. The minimum atomic E-state index is -0.396. The van der Waals surface area contributed by atoms with Gasteiger partial charge in [0.1, 0.15) is 5.75 Å². The standard InChI is InChI=1S/C20H15BrN2O3/c21-14-9-7-13(8-10-14)16-12-17(15-4-1-2-5-18(15)24)23(22-16)20(25)19-6-3-11-26-19/h1-11,17,24H,12H2/t17-/m0/s1. The van der Waals surface area contributed by atoms with Gasteiger partial charge in [-0.05, 0) is 35.9 Å². The molecule has 1 aliphatic heterocycles. The fraction of sp³-hybridized carbons (Fsp3) is 0.100. The largest absolute Gasteiger partial charge is 0.508 e. The summed E-state index contributed by atoms with van der Waals surface area (Å²) in [5.41, 5.74) is 2.37. The van der Waals surface area contributed by atoms with E-state index in [2.05, 4.69) is 21.0 Å². The number of rotatable bonds is 3. The van der Waals surface area contributed by atoms with Crippen LogP contribution in [0.25, 0.3) is 0 Å². The average Bonchev–Trinajstić information content (AvgIpc) is 3.32. The summed E-state index contributed by atoms with van der Waals surface area (Å²) in [6.45, 7) is 0. The van der Waals surface area contributed by atoms with Gasteiger partial charge >= 0.3 is 5.91 Å². The van der Waals surface area contributed by atoms with E-state index < -0.39 is 6.04 Å². The lowest BCUT2D eigenvalue weighted by Crippen LogP contribution is -2.26. The molecule has 5 nitrogen and oxygen atoms in total. The summed E-state index contributed by atoms with van der Waals surface area (Å²) in [6, 6.07) is 17.7. The van der Waals surface area contributed by atoms with Crippen LogP contribution in [0.5, 0.6) is 5.75 Å². The zero-order chi connectivity index (χ0) is 18.1. The van der Waals surface area contributed by atoms with E-state index in [1.807, 2.05) is 36.4 Å². The highest BCUT2D eigenvalue weighted by molar-refractivity contribution is 9.10. The highest BCUT2D eigenvalue weighted by atomic mass is 79.9. The van der Waals surface area contributed by atoms with E-state index in [9.17, 15) is 9.90 Å². The van der Waals surface area contributed by atoms with E-state index in [1.165, 1.54) is 11.3 Å². The number of aromatic hydroxyl groups is 1. The van der Waals surface area contributed by atoms with Gasteiger partial charge in [-0.1, -0.05) is 46.3 Å². The molecular weight excluding hydrogens is 396 g/mol. The van der Waals surface area contributed by atoms with E-state index in [4.69, 9.17) is 4.42 Å². The SMILES string of the molecule is O=C(c1ccco1)N1N=C(c2ccc(Br)cc2)C[C@H]1c1ccccc1O. The smallest absolute Gasteiger partial charge is 0.310 e. The average molecular weight is 411 g/mol. The second kappa shape index (κ2) is 6.80. The van der Waals surface area contributed by atoms with E-state index >= 15 is 0 Å². The van der Waals surface area contributed by atoms with Crippen LogP contribution in [-0.2, 0) is 0 Å². The number of para-hydroxylation sites is 1. The molecule has 1 N–H and O–H groups in total. The maximum atomic E-state index is 12.9. The number of hydrogen-bond donors (Lipinski definition) is 1. The molecule has 2 heterocycles. The van der Waals surface area contributed by atoms with Gasteiger partial charge in [0.25, 0.3) is 0 Å². The Labute approximate surface area is 158 Å². The summed E-state index contributed by atoms with van der Waals surface area (Å²) in [4.78, 5) is 12.9. The number of furan rings is 1. The summed E-state index contributed by atoms with van der Waals surface area (Å²) in [6.07, 6.45) is 1.96. The van der Waals surface area contributed by atoms with Crippen molar-refractivity contribution in [1.82, 2.24) is 5.01 Å². The van der Waals surface area contributed by atoms with Gasteiger partial charge in [-0.25, -0.2) is 5.01 Å². The van der Waals surface area contributed by atoms with Crippen molar-refractivity contribution in [2.24, 2.45) is 5.10 Å². The Balaban J connectivity index is 1.75. The van der Waals surface area contributed by atoms with Crippen molar-refractivity contribution in [1.29, 1.82) is 0 Å². The number of phenols is 1. The number of hydrogen-bond acceptors (Lipinski definition) is 4. The fourth-order valence-corrected chi connectivity index (χ4v) is 3.30. The molecule has 0 saturated heterocycles. The van der Waals surface area contributed by atoms with Gasteiger partial charge in [0.05, 0.1) is 18.0 Å². The summed E-state index contributed by atoms with van der Waals surface area (Å²) < 4.78 is 6.22. The van der Waals surface area contributed by atoms with E-state index in [0.29, 0.717) is 12.0 Å². The third kappa shape index (κ3) is 3.04. The maximum absolute atomic E-state index is 12.9. The third-order valence-corrected chi connectivity index (χ3v) is 4.85. The molecule has 26 heavy (non-hydrogen) atoms. The lowest BCUT2D eigenvalue weighted by Gasteiger charge is -2.21. The summed E-state index contributed by atoms with van der Waals surface area (Å²) in [5, 5.41) is 16.2. The summed E-state index contributed by atoms with van der Waals surface area (Å²) >= 11 is 3.42. The molecule has 0 unspecified atom stereocenters. The topological polar surface area (TPSA) is 66.0 Å². The number of hydrazone groups is 1. The van der Waals surface area contributed by atoms with Gasteiger partial charge in [0, 0.05) is 16.5 Å². The predicted octanol–water partition coefficient (Wildman–Crippen LogP) is 4.74. The number of phenolic OH excluding ortho intramolecular Hbond substituents is 1. The molecule has 130 valence electrons. The molecular formula is C20H15BrN2O3. The molecule has 1 amide bonds. The van der Waals surface area contributed by atoms with Crippen LogP contribution >= 0.6 is 15.9 Å². The van der Waals surface area contributed by atoms with Crippen LogP contribution in [0.4, 0.5) is 0 Å². The Kier molecular flexibility index (Phi) is 4.34. The van der Waals surface area contributed by atoms with Crippen LogP contribution < -0.4 is 0 Å². The first-order chi connectivity index (χ1) is 12.6. The molecule has 1 aromatic heterocycles. The Morgan fingerprint density at radius 2 is 1.88 bits per heavy atom. The molecule has 0 radical (unpaired) electrons. The summed E-state index contributed by atoms with van der Waals surface area (Å²) in [5.74, 6) is 0.0172. The highest BCUT2D eigenvalue weighted by Gasteiger charge is 2.35. The number of benzene rings is 2. The minimum absolute atomic E-state index is 0.141. The molecule has 0 bridgehead atoms. The van der Waals surface area contributed by atoms with Gasteiger partial charge in [-0.2, -0.15) is 5.10 Å². The Bertz CT molecular complexity index is 965. The van der Waals surface area contributed by atoms with Crippen molar-refractivity contribution in [3.8, 4) is 5.75 Å². The lowest BCUT2D eigenvalue weighted by molar-refractivity contribution is 0.0677. The van der Waals surface area contributed by atoms with Crippen LogP contribution in [-0.4, -0.2) is 21.7 Å². The highest BCUT2D eigenvalue weighted by Crippen LogP contribution is 2.37. The quantitative estimate of drug-likeness (QED) is 0.677. The molecule has 1 aliphatic rings. The number of carbonyl (C=O) groups excluding carboxylic acids is 1. The molecule has 0 aliphatic carbocycles. The van der Waals surface area contributed by atoms with Crippen LogP contribution in [0.1, 0.15) is 34.1 Å². The van der Waals surface area contributed by atoms with Gasteiger partial charge in [0.15, 0.2) is 5.76 Å². The van der Waals surface area contributed by atoms with Crippen LogP contribution in [0.2, 0.25) is 0 Å². The first-order valence-corrected chi connectivity index (χ1v) is 8.91. The second-order valence-corrected chi connectivity index (χ2v) is 6.88. The van der Waals surface area contributed by atoms with E-state index in [0.717, 1.165) is 15.7 Å². The minimum Gasteiger partial charge on any atom is -0.508 e. The van der Waals surface area contributed by atoms with Crippen molar-refractivity contribution >= 4 is 27.5 Å². The van der Waals surface area contributed by atoms with Crippen molar-refractivity contribution in [3.63, 3.8) is 0 Å². The number of amides is 1. The van der Waals surface area contributed by atoms with E-state index in [1.54, 1.807) is 24.3 Å². The third-order valence-electron chi connectivity index (χ3n) is 4.32. The van der Waals surface area contributed by atoms with E-state index in [-0.39, 0.29) is 17.4 Å². The normalized spacial score (nSPS) is 16.6. The van der Waals surface area contributed by atoms with Crippen molar-refractivity contribution in [3.05, 3.63) is 88.3 Å². The Morgan fingerprint density at radius 1 is 1.12 bits per heavy atom. The van der Waals surface area contributed by atoms with Crippen molar-refractivity contribution in [2.75, 3.05) is 0 Å². The molecule has 0 spiro atoms. The first-order valence-electron chi connectivity index (χ1n) is 8.12. The summed E-state index contributed by atoms with van der Waals surface area (Å²) in [7, 11) is 0. The molecule has 1 atom stereocenters. The van der Waals surface area contributed by atoms with Crippen LogP contribution in [0.15, 0.2) is 80.9 Å². The van der Waals surface area contributed by atoms with Crippen LogP contribution in [0.3, 0.4) is 0 Å². The zero-order valence-corrected chi connectivity index (χ0v) is 15.3. The number of nitrogens with zero attached hydrogens (tertiary/aromatic N) is 2. The molecule has 3 aromatic rings. The monoisotopic (exact) mass is 410 g/mol. The van der Waals surface area contributed by atoms with Gasteiger partial charge in [0.2, 0.25) is 0 Å². The Hall–Kier alpha value is -2.86. The lowest BCUT2D eigenvalue weighted by atomic mass is 9.97. The molecule has 6 heteroatoms. The predicted molar refractivity (Wildman–Crippen MR) is 101 cm³/mol. The van der Waals surface area contributed by atoms with Gasteiger partial charge < -0.3 is 9.52 Å². The Morgan fingerprint density at radius 3 is 2.58 bits per heavy atom. The van der Waals surface area contributed by atoms with Gasteiger partial charge in [-0.15, -0.1) is 0 Å². The maximum Gasteiger partial charge on any atom is 0.310 e. The molecule has 2 aromatic carbocycles. The number of halogens is 1. The van der Waals surface area contributed by atoms with Gasteiger partial charge in [-0.3, -0.25) is 4.79 Å². The molecule has 0 saturated carbocycles. The van der Waals surface area contributed by atoms with Crippen LogP contribution in [0, 0.1) is 0 Å². The molecule has 0 fully saturated rings. The fourth-order valence-electron chi connectivity index (χ4n) is 3.04. The first kappa shape index (κ1) is 16.6. The van der Waals surface area contributed by atoms with Crippen molar-refractivity contribution < 1.29 is 14.3 Å². The zero-order valence-electron chi connectivity index (χ0n) is 13.7. The molecule has 4 rings (SSSR count). The van der Waals surface area contributed by atoms with Crippen molar-refractivity contribution in [2.45, 2.75) is 12.5 Å².